The van der Waals surface area contributed by atoms with Crippen LogP contribution >= 0.6 is 0 Å². The molecule has 4 heteroatoms. The zero-order chi connectivity index (χ0) is 13.5. The molecule has 0 fully saturated rings. The minimum atomic E-state index is -0.0779. The highest BCUT2D eigenvalue weighted by Gasteiger charge is 2.02. The van der Waals surface area contributed by atoms with E-state index in [1.165, 1.54) is 12.8 Å². The third-order valence-electron chi connectivity index (χ3n) is 2.77. The Bertz CT molecular complexity index is 207. The SMILES string of the molecule is CCCCCCOC(=O)CCCCCCN[C]=O. The van der Waals surface area contributed by atoms with Crippen molar-refractivity contribution in [2.24, 2.45) is 0 Å². The molecule has 1 N–H and O–H groups in total. The average Bonchev–Trinajstić information content (AvgIpc) is 2.37. The van der Waals surface area contributed by atoms with E-state index in [9.17, 15) is 9.59 Å². The molecule has 0 bridgehead atoms. The van der Waals surface area contributed by atoms with E-state index in [2.05, 4.69) is 12.2 Å². The molecule has 1 amide bonds. The standard InChI is InChI=1S/C14H26NO3/c1-2-3-4-9-12-18-14(17)10-7-5-6-8-11-15-13-16/h2-12H2,1H3,(H,15,16). The second-order valence-corrected chi connectivity index (χ2v) is 4.47. The summed E-state index contributed by atoms with van der Waals surface area (Å²) in [4.78, 5) is 21.2. The zero-order valence-corrected chi connectivity index (χ0v) is 11.5. The van der Waals surface area contributed by atoms with Crippen LogP contribution in [-0.4, -0.2) is 25.5 Å². The molecule has 0 aromatic heterocycles. The van der Waals surface area contributed by atoms with Gasteiger partial charge in [0.25, 0.3) is 0 Å². The van der Waals surface area contributed by atoms with Gasteiger partial charge in [-0.25, -0.2) is 0 Å². The first kappa shape index (κ1) is 16.9. The zero-order valence-electron chi connectivity index (χ0n) is 11.5. The van der Waals surface area contributed by atoms with E-state index in [1.807, 2.05) is 0 Å². The first-order chi connectivity index (χ1) is 8.81. The van der Waals surface area contributed by atoms with Gasteiger partial charge in [0.05, 0.1) is 6.61 Å². The van der Waals surface area contributed by atoms with Crippen LogP contribution in [0.2, 0.25) is 0 Å². The molecule has 0 spiro atoms. The highest BCUT2D eigenvalue weighted by atomic mass is 16.5. The second-order valence-electron chi connectivity index (χ2n) is 4.47. The van der Waals surface area contributed by atoms with Crippen molar-refractivity contribution >= 4 is 12.4 Å². The van der Waals surface area contributed by atoms with Crippen molar-refractivity contribution in [1.82, 2.24) is 5.32 Å². The van der Waals surface area contributed by atoms with Crippen LogP contribution in [0.25, 0.3) is 0 Å². The van der Waals surface area contributed by atoms with Gasteiger partial charge in [-0.3, -0.25) is 9.59 Å². The fourth-order valence-corrected chi connectivity index (χ4v) is 1.67. The number of hydrogen-bond acceptors (Lipinski definition) is 3. The monoisotopic (exact) mass is 256 g/mol. The Balaban J connectivity index is 3.14. The lowest BCUT2D eigenvalue weighted by atomic mass is 10.1. The van der Waals surface area contributed by atoms with E-state index in [0.717, 1.165) is 38.5 Å². The van der Waals surface area contributed by atoms with Crippen molar-refractivity contribution in [1.29, 1.82) is 0 Å². The number of carbonyl (C=O) groups excluding carboxylic acids is 2. The van der Waals surface area contributed by atoms with Crippen LogP contribution in [0.4, 0.5) is 0 Å². The van der Waals surface area contributed by atoms with Crippen LogP contribution in [0.1, 0.15) is 64.7 Å². The maximum absolute atomic E-state index is 11.3. The number of nitrogens with one attached hydrogen (secondary N) is 1. The van der Waals surface area contributed by atoms with Crippen molar-refractivity contribution in [3.8, 4) is 0 Å². The largest absolute Gasteiger partial charge is 0.466 e. The molecule has 0 heterocycles. The van der Waals surface area contributed by atoms with Crippen molar-refractivity contribution in [3.05, 3.63) is 0 Å². The Kier molecular flexibility index (Phi) is 13.2. The molecule has 0 aromatic carbocycles. The number of rotatable bonds is 13. The van der Waals surface area contributed by atoms with Gasteiger partial charge in [0.15, 0.2) is 0 Å². The van der Waals surface area contributed by atoms with Gasteiger partial charge in [0.1, 0.15) is 0 Å². The number of esters is 1. The summed E-state index contributed by atoms with van der Waals surface area (Å²) in [6.07, 6.45) is 10.5. The fourth-order valence-electron chi connectivity index (χ4n) is 1.67. The molecular weight excluding hydrogens is 230 g/mol. The van der Waals surface area contributed by atoms with E-state index in [1.54, 1.807) is 6.41 Å². The summed E-state index contributed by atoms with van der Waals surface area (Å²) in [5.41, 5.74) is 0. The summed E-state index contributed by atoms with van der Waals surface area (Å²) >= 11 is 0. The Morgan fingerprint density at radius 2 is 1.78 bits per heavy atom. The summed E-state index contributed by atoms with van der Waals surface area (Å²) in [5, 5.41) is 2.50. The van der Waals surface area contributed by atoms with Crippen LogP contribution in [0.15, 0.2) is 0 Å². The molecule has 1 radical (unpaired) electrons. The number of ether oxygens (including phenoxy) is 1. The van der Waals surface area contributed by atoms with E-state index < -0.39 is 0 Å². The summed E-state index contributed by atoms with van der Waals surface area (Å²) in [5.74, 6) is -0.0779. The second kappa shape index (κ2) is 14.0. The maximum atomic E-state index is 11.3. The molecule has 18 heavy (non-hydrogen) atoms. The predicted octanol–water partition coefficient (Wildman–Crippen LogP) is 2.72. The molecule has 0 aromatic rings. The molecule has 0 saturated heterocycles. The van der Waals surface area contributed by atoms with Crippen LogP contribution < -0.4 is 5.32 Å². The normalized spacial score (nSPS) is 10.1. The molecular formula is C14H26NO3. The maximum Gasteiger partial charge on any atom is 0.309 e. The number of amides is 1. The van der Waals surface area contributed by atoms with Crippen LogP contribution in [0.5, 0.6) is 0 Å². The van der Waals surface area contributed by atoms with Gasteiger partial charge in [0, 0.05) is 13.0 Å². The summed E-state index contributed by atoms with van der Waals surface area (Å²) in [7, 11) is 0. The minimum absolute atomic E-state index is 0.0779. The fraction of sp³-hybridized carbons (Fsp3) is 0.857. The highest BCUT2D eigenvalue weighted by Crippen LogP contribution is 2.05. The Labute approximate surface area is 110 Å². The van der Waals surface area contributed by atoms with Gasteiger partial charge < -0.3 is 10.1 Å². The average molecular weight is 256 g/mol. The predicted molar refractivity (Wildman–Crippen MR) is 71.9 cm³/mol. The van der Waals surface area contributed by atoms with Crippen LogP contribution in [0.3, 0.4) is 0 Å². The van der Waals surface area contributed by atoms with Crippen molar-refractivity contribution < 1.29 is 14.3 Å². The summed E-state index contributed by atoms with van der Waals surface area (Å²) < 4.78 is 5.13. The number of hydrogen-bond donors (Lipinski definition) is 1. The number of carbonyl (C=O) groups is 1. The highest BCUT2D eigenvalue weighted by molar-refractivity contribution is 5.69. The molecule has 0 saturated carbocycles. The lowest BCUT2D eigenvalue weighted by molar-refractivity contribution is -0.143. The van der Waals surface area contributed by atoms with Gasteiger partial charge in [-0.2, -0.15) is 0 Å². The topological polar surface area (TPSA) is 55.4 Å². The van der Waals surface area contributed by atoms with E-state index in [-0.39, 0.29) is 5.97 Å². The Morgan fingerprint density at radius 3 is 2.50 bits per heavy atom. The van der Waals surface area contributed by atoms with E-state index in [0.29, 0.717) is 19.6 Å². The summed E-state index contributed by atoms with van der Waals surface area (Å²) in [6, 6.07) is 0. The lowest BCUT2D eigenvalue weighted by Crippen LogP contribution is -2.11. The molecule has 0 unspecified atom stereocenters. The van der Waals surface area contributed by atoms with Crippen molar-refractivity contribution in [2.45, 2.75) is 64.7 Å². The Morgan fingerprint density at radius 1 is 1.06 bits per heavy atom. The number of unbranched alkanes of at least 4 members (excludes halogenated alkanes) is 6. The minimum Gasteiger partial charge on any atom is -0.466 e. The van der Waals surface area contributed by atoms with Gasteiger partial charge in [-0.1, -0.05) is 39.0 Å². The first-order valence-electron chi connectivity index (χ1n) is 7.07. The molecule has 4 nitrogen and oxygen atoms in total. The third kappa shape index (κ3) is 13.0. The van der Waals surface area contributed by atoms with E-state index >= 15 is 0 Å². The molecule has 105 valence electrons. The van der Waals surface area contributed by atoms with Gasteiger partial charge >= 0.3 is 12.4 Å². The molecule has 0 rings (SSSR count). The third-order valence-corrected chi connectivity index (χ3v) is 2.77. The van der Waals surface area contributed by atoms with Gasteiger partial charge in [-0.15, -0.1) is 0 Å². The van der Waals surface area contributed by atoms with Crippen LogP contribution in [0, 0.1) is 0 Å². The molecule has 0 aliphatic heterocycles. The van der Waals surface area contributed by atoms with Crippen molar-refractivity contribution in [2.75, 3.05) is 13.2 Å². The van der Waals surface area contributed by atoms with Crippen LogP contribution in [-0.2, 0) is 14.3 Å². The summed E-state index contributed by atoms with van der Waals surface area (Å²) in [6.45, 7) is 3.40. The first-order valence-corrected chi connectivity index (χ1v) is 7.07. The molecule has 0 aliphatic rings. The smallest absolute Gasteiger partial charge is 0.309 e. The molecule has 0 aliphatic carbocycles. The van der Waals surface area contributed by atoms with Gasteiger partial charge in [-0.05, 0) is 19.3 Å². The lowest BCUT2D eigenvalue weighted by Gasteiger charge is -2.04. The Hall–Kier alpha value is -1.06. The van der Waals surface area contributed by atoms with E-state index in [4.69, 9.17) is 4.74 Å². The quantitative estimate of drug-likeness (QED) is 0.313. The van der Waals surface area contributed by atoms with Gasteiger partial charge in [0.2, 0.25) is 0 Å². The van der Waals surface area contributed by atoms with Crippen molar-refractivity contribution in [3.63, 3.8) is 0 Å². The molecule has 0 atom stereocenters.